The van der Waals surface area contributed by atoms with Gasteiger partial charge in [-0.05, 0) is 31.8 Å². The van der Waals surface area contributed by atoms with E-state index in [1.54, 1.807) is 18.5 Å². The highest BCUT2D eigenvalue weighted by molar-refractivity contribution is 7.88. The van der Waals surface area contributed by atoms with Crippen LogP contribution < -0.4 is 4.72 Å². The molecule has 0 aliphatic rings. The summed E-state index contributed by atoms with van der Waals surface area (Å²) in [4.78, 5) is 4.01. The number of allylic oxidation sites excluding steroid dienone is 2. The van der Waals surface area contributed by atoms with Crippen molar-refractivity contribution < 1.29 is 8.42 Å². The Kier molecular flexibility index (Phi) is 7.76. The van der Waals surface area contributed by atoms with Gasteiger partial charge in [0.1, 0.15) is 0 Å². The van der Waals surface area contributed by atoms with Crippen LogP contribution in [0.2, 0.25) is 0 Å². The first-order valence-electron chi connectivity index (χ1n) is 5.23. The van der Waals surface area contributed by atoms with E-state index in [2.05, 4.69) is 16.3 Å². The molecule has 0 spiro atoms. The molecular weight excluding hydrogens is 224 g/mol. The summed E-state index contributed by atoms with van der Waals surface area (Å²) < 4.78 is 24.0. The number of sulfonamides is 1. The zero-order valence-electron chi connectivity index (χ0n) is 9.94. The van der Waals surface area contributed by atoms with E-state index in [9.17, 15) is 8.42 Å². The average Bonchev–Trinajstić information content (AvgIpc) is 2.20. The van der Waals surface area contributed by atoms with Crippen molar-refractivity contribution in [3.63, 3.8) is 0 Å². The molecule has 5 heteroatoms. The minimum absolute atomic E-state index is 0.486. The smallest absolute Gasteiger partial charge is 0.208 e. The lowest BCUT2D eigenvalue weighted by Gasteiger charge is -2.02. The molecule has 0 aliphatic heterocycles. The van der Waals surface area contributed by atoms with Crippen molar-refractivity contribution in [2.24, 2.45) is 4.99 Å². The van der Waals surface area contributed by atoms with Gasteiger partial charge in [0, 0.05) is 19.0 Å². The lowest BCUT2D eigenvalue weighted by molar-refractivity contribution is 0.583. The lowest BCUT2D eigenvalue weighted by Crippen LogP contribution is -2.22. The number of aliphatic imine (C=N–C) groups is 1. The predicted molar refractivity (Wildman–Crippen MR) is 69.1 cm³/mol. The number of hydrogen-bond acceptors (Lipinski definition) is 3. The molecule has 0 saturated carbocycles. The molecular formula is C11H20N2O2S. The first-order valence-corrected chi connectivity index (χ1v) is 7.12. The van der Waals surface area contributed by atoms with Gasteiger partial charge in [-0.2, -0.15) is 0 Å². The van der Waals surface area contributed by atoms with Crippen molar-refractivity contribution in [3.05, 3.63) is 24.4 Å². The van der Waals surface area contributed by atoms with Crippen molar-refractivity contribution in [2.45, 2.75) is 26.2 Å². The average molecular weight is 244 g/mol. The summed E-state index contributed by atoms with van der Waals surface area (Å²) in [5.41, 5.74) is 1.07. The van der Waals surface area contributed by atoms with E-state index in [1.807, 2.05) is 6.92 Å². The van der Waals surface area contributed by atoms with Gasteiger partial charge in [-0.25, -0.2) is 13.1 Å². The monoisotopic (exact) mass is 244 g/mol. The third-order valence-corrected chi connectivity index (χ3v) is 2.64. The normalized spacial score (nSPS) is 13.2. The first-order chi connectivity index (χ1) is 7.49. The van der Waals surface area contributed by atoms with Gasteiger partial charge in [0.05, 0.1) is 6.26 Å². The Balaban J connectivity index is 3.76. The largest absolute Gasteiger partial charge is 0.269 e. The number of hydrogen-bond donors (Lipinski definition) is 1. The van der Waals surface area contributed by atoms with Crippen LogP contribution in [0.5, 0.6) is 0 Å². The van der Waals surface area contributed by atoms with Crippen molar-refractivity contribution in [2.75, 3.05) is 12.8 Å². The van der Waals surface area contributed by atoms with Crippen LogP contribution in [0.3, 0.4) is 0 Å². The standard InChI is InChI=1S/C11H20N2O2S/c1-4-11(10-12-5-2)8-6-7-9-13-16(3,14)15/h4-5,10,13H,1,6-9H2,2-3H3/b11-10+,12-5-. The zero-order valence-corrected chi connectivity index (χ0v) is 10.8. The Morgan fingerprint density at radius 2 is 2.12 bits per heavy atom. The molecule has 0 atom stereocenters. The molecule has 0 radical (unpaired) electrons. The molecule has 0 aromatic carbocycles. The van der Waals surface area contributed by atoms with Gasteiger partial charge in [-0.3, -0.25) is 4.99 Å². The van der Waals surface area contributed by atoms with Crippen LogP contribution in [0.25, 0.3) is 0 Å². The topological polar surface area (TPSA) is 58.5 Å². The van der Waals surface area contributed by atoms with Gasteiger partial charge in [-0.15, -0.1) is 0 Å². The summed E-state index contributed by atoms with van der Waals surface area (Å²) in [6.45, 7) is 6.04. The van der Waals surface area contributed by atoms with E-state index in [0.717, 1.165) is 31.1 Å². The molecule has 0 heterocycles. The van der Waals surface area contributed by atoms with Crippen LogP contribution in [0.15, 0.2) is 29.4 Å². The summed E-state index contributed by atoms with van der Waals surface area (Å²) in [5, 5.41) is 0. The van der Waals surface area contributed by atoms with Crippen LogP contribution in [-0.4, -0.2) is 27.4 Å². The third kappa shape index (κ3) is 9.61. The number of nitrogens with one attached hydrogen (secondary N) is 1. The molecule has 0 amide bonds. The van der Waals surface area contributed by atoms with E-state index in [-0.39, 0.29) is 0 Å². The van der Waals surface area contributed by atoms with Crippen molar-refractivity contribution in [3.8, 4) is 0 Å². The molecule has 0 bridgehead atoms. The summed E-state index contributed by atoms with van der Waals surface area (Å²) >= 11 is 0. The van der Waals surface area contributed by atoms with Crippen molar-refractivity contribution in [1.29, 1.82) is 0 Å². The van der Waals surface area contributed by atoms with E-state index >= 15 is 0 Å². The van der Waals surface area contributed by atoms with E-state index in [4.69, 9.17) is 0 Å². The van der Waals surface area contributed by atoms with Crippen LogP contribution in [0, 0.1) is 0 Å². The van der Waals surface area contributed by atoms with Gasteiger partial charge in [0.2, 0.25) is 10.0 Å². The number of nitrogens with zero attached hydrogens (tertiary/aromatic N) is 1. The summed E-state index contributed by atoms with van der Waals surface area (Å²) in [6.07, 6.45) is 9.03. The highest BCUT2D eigenvalue weighted by Crippen LogP contribution is 2.08. The Labute approximate surface area is 98.2 Å². The lowest BCUT2D eigenvalue weighted by atomic mass is 10.1. The van der Waals surface area contributed by atoms with Crippen LogP contribution in [0.1, 0.15) is 26.2 Å². The molecule has 0 rings (SSSR count). The quantitative estimate of drug-likeness (QED) is 0.402. The Morgan fingerprint density at radius 1 is 1.44 bits per heavy atom. The molecule has 0 aromatic rings. The molecule has 0 fully saturated rings. The number of rotatable bonds is 8. The summed E-state index contributed by atoms with van der Waals surface area (Å²) in [5.74, 6) is 0. The van der Waals surface area contributed by atoms with Crippen molar-refractivity contribution in [1.82, 2.24) is 4.72 Å². The minimum atomic E-state index is -3.05. The fraction of sp³-hybridized carbons (Fsp3) is 0.545. The molecule has 92 valence electrons. The molecule has 0 aromatic heterocycles. The second-order valence-electron chi connectivity index (χ2n) is 3.44. The molecule has 1 N–H and O–H groups in total. The Morgan fingerprint density at radius 3 is 2.62 bits per heavy atom. The Bertz CT molecular complexity index is 356. The maximum Gasteiger partial charge on any atom is 0.208 e. The van der Waals surface area contributed by atoms with E-state index in [1.165, 1.54) is 0 Å². The number of unbranched alkanes of at least 4 members (excludes halogenated alkanes) is 1. The SMILES string of the molecule is C=C/C(=C\N=C/C)CCCCNS(C)(=O)=O. The highest BCUT2D eigenvalue weighted by atomic mass is 32.2. The summed E-state index contributed by atoms with van der Waals surface area (Å²) in [7, 11) is -3.05. The third-order valence-electron chi connectivity index (χ3n) is 1.91. The predicted octanol–water partition coefficient (Wildman–Crippen LogP) is 1.87. The molecule has 0 saturated heterocycles. The fourth-order valence-corrected chi connectivity index (χ4v) is 1.62. The van der Waals surface area contributed by atoms with Gasteiger partial charge >= 0.3 is 0 Å². The van der Waals surface area contributed by atoms with Crippen LogP contribution >= 0.6 is 0 Å². The van der Waals surface area contributed by atoms with Crippen LogP contribution in [0.4, 0.5) is 0 Å². The van der Waals surface area contributed by atoms with Gasteiger partial charge in [0.15, 0.2) is 0 Å². The second-order valence-corrected chi connectivity index (χ2v) is 5.27. The van der Waals surface area contributed by atoms with E-state index < -0.39 is 10.0 Å². The zero-order chi connectivity index (χ0) is 12.4. The maximum atomic E-state index is 10.8. The minimum Gasteiger partial charge on any atom is -0.269 e. The molecule has 16 heavy (non-hydrogen) atoms. The Hall–Kier alpha value is -0.940. The second kappa shape index (κ2) is 8.24. The molecule has 0 aliphatic carbocycles. The maximum absolute atomic E-state index is 10.8. The van der Waals surface area contributed by atoms with Crippen LogP contribution in [-0.2, 0) is 10.0 Å². The van der Waals surface area contributed by atoms with Gasteiger partial charge < -0.3 is 0 Å². The van der Waals surface area contributed by atoms with Gasteiger partial charge in [-0.1, -0.05) is 12.7 Å². The first kappa shape index (κ1) is 15.1. The van der Waals surface area contributed by atoms with E-state index in [0.29, 0.717) is 6.54 Å². The fourth-order valence-electron chi connectivity index (χ4n) is 1.10. The molecule has 0 unspecified atom stereocenters. The summed E-state index contributed by atoms with van der Waals surface area (Å²) in [6, 6.07) is 0. The van der Waals surface area contributed by atoms with Crippen molar-refractivity contribution >= 4 is 16.2 Å². The van der Waals surface area contributed by atoms with Gasteiger partial charge in [0.25, 0.3) is 0 Å². The molecule has 4 nitrogen and oxygen atoms in total. The highest BCUT2D eigenvalue weighted by Gasteiger charge is 1.99.